The van der Waals surface area contributed by atoms with Gasteiger partial charge in [-0.3, -0.25) is 0 Å². The molecule has 0 spiro atoms. The second-order valence-corrected chi connectivity index (χ2v) is 2.66. The fourth-order valence-electron chi connectivity index (χ4n) is 0.763. The summed E-state index contributed by atoms with van der Waals surface area (Å²) in [5, 5.41) is 8.27. The molecule has 7 heteroatoms. The van der Waals surface area contributed by atoms with Crippen molar-refractivity contribution < 1.29 is 32.2 Å². The Morgan fingerprint density at radius 2 is 1.93 bits per heavy atom. The normalized spacial score (nSPS) is 15.5. The number of hydrogen-bond acceptors (Lipinski definition) is 3. The molecule has 0 aromatic rings. The van der Waals surface area contributed by atoms with Crippen LogP contribution in [0, 0.1) is 0 Å². The van der Waals surface area contributed by atoms with E-state index in [2.05, 4.69) is 11.3 Å². The Morgan fingerprint density at radius 1 is 1.40 bits per heavy atom. The largest absolute Gasteiger partial charge is 0.459 e. The van der Waals surface area contributed by atoms with Gasteiger partial charge in [-0.05, 0) is 0 Å². The van der Waals surface area contributed by atoms with Crippen LogP contribution in [0.5, 0.6) is 0 Å². The van der Waals surface area contributed by atoms with Crippen molar-refractivity contribution in [3.05, 3.63) is 12.7 Å². The van der Waals surface area contributed by atoms with E-state index in [9.17, 15) is 22.4 Å². The molecule has 0 heterocycles. The van der Waals surface area contributed by atoms with Gasteiger partial charge in [-0.25, -0.2) is 9.18 Å². The van der Waals surface area contributed by atoms with E-state index < -0.39 is 37.4 Å². The number of aliphatic hydroxyl groups excluding tert-OH is 1. The molecular weight excluding hydrogens is 220 g/mol. The lowest BCUT2D eigenvalue weighted by Crippen LogP contribution is -2.49. The van der Waals surface area contributed by atoms with Crippen LogP contribution in [0.3, 0.4) is 0 Å². The van der Waals surface area contributed by atoms with Crippen LogP contribution in [0.25, 0.3) is 0 Å². The first-order chi connectivity index (χ1) is 6.79. The Kier molecular flexibility index (Phi) is 4.73. The Morgan fingerprint density at radius 3 is 2.27 bits per heavy atom. The van der Waals surface area contributed by atoms with E-state index in [1.165, 1.54) is 0 Å². The number of hydrogen-bond donors (Lipinski definition) is 1. The van der Waals surface area contributed by atoms with Crippen LogP contribution in [0.4, 0.5) is 17.6 Å². The zero-order valence-electron chi connectivity index (χ0n) is 7.68. The average molecular weight is 230 g/mol. The smallest absolute Gasteiger partial charge is 0.433 e. The van der Waals surface area contributed by atoms with E-state index in [0.29, 0.717) is 0 Å². The highest BCUT2D eigenvalue weighted by atomic mass is 19.4. The number of rotatable bonds is 5. The molecule has 0 fully saturated rings. The van der Waals surface area contributed by atoms with E-state index in [1.54, 1.807) is 0 Å². The van der Waals surface area contributed by atoms with E-state index in [-0.39, 0.29) is 0 Å². The molecule has 0 aromatic heterocycles. The van der Waals surface area contributed by atoms with Gasteiger partial charge in [0, 0.05) is 13.0 Å². The Hall–Kier alpha value is -1.11. The van der Waals surface area contributed by atoms with E-state index in [0.717, 1.165) is 6.08 Å². The van der Waals surface area contributed by atoms with Crippen LogP contribution in [-0.2, 0) is 9.53 Å². The van der Waals surface area contributed by atoms with Gasteiger partial charge in [-0.15, -0.1) is 0 Å². The molecule has 3 nitrogen and oxygen atoms in total. The molecule has 0 saturated heterocycles. The first-order valence-electron chi connectivity index (χ1n) is 3.94. The van der Waals surface area contributed by atoms with Crippen molar-refractivity contribution in [2.75, 3.05) is 13.2 Å². The summed E-state index contributed by atoms with van der Waals surface area (Å²) >= 11 is 0. The van der Waals surface area contributed by atoms with Gasteiger partial charge in [0.25, 0.3) is 0 Å². The molecule has 15 heavy (non-hydrogen) atoms. The molecule has 0 amide bonds. The Labute approximate surface area is 83.3 Å². The standard InChI is InChI=1S/C8H10F4O3/c1-2-5-15-6(14)7(9,3-4-13)8(10,11)12/h2,13H,1,3-5H2. The summed E-state index contributed by atoms with van der Waals surface area (Å²) in [6.45, 7) is 1.46. The number of carbonyl (C=O) groups is 1. The predicted molar refractivity (Wildman–Crippen MR) is 42.8 cm³/mol. The Bertz CT molecular complexity index is 239. The van der Waals surface area contributed by atoms with Gasteiger partial charge in [0.15, 0.2) is 0 Å². The van der Waals surface area contributed by atoms with Gasteiger partial charge in [0.1, 0.15) is 6.61 Å². The van der Waals surface area contributed by atoms with Gasteiger partial charge in [0.05, 0.1) is 0 Å². The fourth-order valence-corrected chi connectivity index (χ4v) is 0.763. The molecule has 88 valence electrons. The van der Waals surface area contributed by atoms with Crippen LogP contribution in [0.15, 0.2) is 12.7 Å². The van der Waals surface area contributed by atoms with Crippen molar-refractivity contribution in [2.24, 2.45) is 0 Å². The van der Waals surface area contributed by atoms with Gasteiger partial charge in [0.2, 0.25) is 0 Å². The van der Waals surface area contributed by atoms with E-state index >= 15 is 0 Å². The zero-order chi connectivity index (χ0) is 12.1. The molecule has 0 saturated carbocycles. The quantitative estimate of drug-likeness (QED) is 0.440. The third-order valence-corrected chi connectivity index (χ3v) is 1.56. The van der Waals surface area contributed by atoms with Gasteiger partial charge < -0.3 is 9.84 Å². The minimum Gasteiger partial charge on any atom is -0.459 e. The Balaban J connectivity index is 4.78. The summed E-state index contributed by atoms with van der Waals surface area (Å²) in [6, 6.07) is 0. The number of aliphatic hydroxyl groups is 1. The van der Waals surface area contributed by atoms with Crippen LogP contribution in [-0.4, -0.2) is 36.1 Å². The highest BCUT2D eigenvalue weighted by Gasteiger charge is 2.62. The predicted octanol–water partition coefficient (Wildman–Crippen LogP) is 1.37. The monoisotopic (exact) mass is 230 g/mol. The molecule has 0 aliphatic heterocycles. The summed E-state index contributed by atoms with van der Waals surface area (Å²) in [5.41, 5.74) is -4.16. The average Bonchev–Trinajstić information content (AvgIpc) is 2.12. The maximum absolute atomic E-state index is 13.2. The number of carbonyl (C=O) groups excluding carboxylic acids is 1. The first-order valence-corrected chi connectivity index (χ1v) is 3.94. The van der Waals surface area contributed by atoms with Crippen molar-refractivity contribution in [2.45, 2.75) is 18.3 Å². The highest BCUT2D eigenvalue weighted by molar-refractivity contribution is 5.80. The number of halogens is 4. The third-order valence-electron chi connectivity index (χ3n) is 1.56. The summed E-state index contributed by atoms with van der Waals surface area (Å²) in [6.07, 6.45) is -5.78. The van der Waals surface area contributed by atoms with E-state index in [4.69, 9.17) is 5.11 Å². The van der Waals surface area contributed by atoms with Crippen LogP contribution < -0.4 is 0 Å². The molecule has 1 atom stereocenters. The molecule has 0 radical (unpaired) electrons. The maximum atomic E-state index is 13.2. The molecule has 1 unspecified atom stereocenters. The lowest BCUT2D eigenvalue weighted by Gasteiger charge is -2.24. The summed E-state index contributed by atoms with van der Waals surface area (Å²) in [7, 11) is 0. The number of ether oxygens (including phenoxy) is 1. The molecular formula is C8H10F4O3. The van der Waals surface area contributed by atoms with Gasteiger partial charge >= 0.3 is 17.8 Å². The maximum Gasteiger partial charge on any atom is 0.433 e. The van der Waals surface area contributed by atoms with Gasteiger partial charge in [-0.2, -0.15) is 13.2 Å². The molecule has 0 aliphatic carbocycles. The first kappa shape index (κ1) is 13.9. The minimum absolute atomic E-state index is 0.522. The van der Waals surface area contributed by atoms with Crippen LogP contribution in [0.2, 0.25) is 0 Å². The molecule has 0 rings (SSSR count). The molecule has 0 aliphatic rings. The lowest BCUT2D eigenvalue weighted by molar-refractivity contribution is -0.241. The van der Waals surface area contributed by atoms with Gasteiger partial charge in [-0.1, -0.05) is 12.7 Å². The molecule has 1 N–H and O–H groups in total. The summed E-state index contributed by atoms with van der Waals surface area (Å²) in [5.74, 6) is -2.07. The third kappa shape index (κ3) is 3.19. The molecule has 0 bridgehead atoms. The minimum atomic E-state index is -5.41. The van der Waals surface area contributed by atoms with Crippen molar-refractivity contribution >= 4 is 5.97 Å². The van der Waals surface area contributed by atoms with Crippen molar-refractivity contribution in [3.63, 3.8) is 0 Å². The van der Waals surface area contributed by atoms with Crippen molar-refractivity contribution in [1.82, 2.24) is 0 Å². The number of alkyl halides is 4. The lowest BCUT2D eigenvalue weighted by atomic mass is 10.0. The summed E-state index contributed by atoms with van der Waals surface area (Å²) < 4.78 is 53.7. The van der Waals surface area contributed by atoms with Crippen molar-refractivity contribution in [1.29, 1.82) is 0 Å². The highest BCUT2D eigenvalue weighted by Crippen LogP contribution is 2.37. The van der Waals surface area contributed by atoms with Crippen LogP contribution in [0.1, 0.15) is 6.42 Å². The van der Waals surface area contributed by atoms with E-state index in [1.807, 2.05) is 0 Å². The molecule has 0 aromatic carbocycles. The van der Waals surface area contributed by atoms with Crippen molar-refractivity contribution in [3.8, 4) is 0 Å². The number of esters is 1. The zero-order valence-corrected chi connectivity index (χ0v) is 7.68. The topological polar surface area (TPSA) is 46.5 Å². The fraction of sp³-hybridized carbons (Fsp3) is 0.625. The SMILES string of the molecule is C=CCOC(=O)C(F)(CCO)C(F)(F)F. The second kappa shape index (κ2) is 5.11. The second-order valence-electron chi connectivity index (χ2n) is 2.66. The summed E-state index contributed by atoms with van der Waals surface area (Å²) in [4.78, 5) is 10.8. The van der Waals surface area contributed by atoms with Crippen LogP contribution >= 0.6 is 0 Å².